The first-order valence-corrected chi connectivity index (χ1v) is 7.29. The fourth-order valence-electron chi connectivity index (χ4n) is 1.90. The highest BCUT2D eigenvalue weighted by Crippen LogP contribution is 2.30. The summed E-state index contributed by atoms with van der Waals surface area (Å²) in [6, 6.07) is 5.84. The Morgan fingerprint density at radius 2 is 2.00 bits per heavy atom. The van der Waals surface area contributed by atoms with Gasteiger partial charge < -0.3 is 10.1 Å². The zero-order valence-corrected chi connectivity index (χ0v) is 13.7. The van der Waals surface area contributed by atoms with Crippen LogP contribution in [0.1, 0.15) is 18.2 Å². The van der Waals surface area contributed by atoms with Crippen molar-refractivity contribution < 1.29 is 4.74 Å². The molecule has 2 aromatic rings. The third-order valence-corrected chi connectivity index (χ3v) is 3.76. The van der Waals surface area contributed by atoms with E-state index >= 15 is 0 Å². The lowest BCUT2D eigenvalue weighted by Crippen LogP contribution is -2.06. The second-order valence-electron chi connectivity index (χ2n) is 4.49. The monoisotopic (exact) mass is 335 g/mol. The van der Waals surface area contributed by atoms with Crippen LogP contribution in [-0.4, -0.2) is 23.6 Å². The average molecular weight is 336 g/mol. The van der Waals surface area contributed by atoms with Gasteiger partial charge in [0.05, 0.1) is 11.6 Å². The first kappa shape index (κ1) is 14.8. The summed E-state index contributed by atoms with van der Waals surface area (Å²) in [5.41, 5.74) is 3.03. The molecule has 1 aromatic heterocycles. The summed E-state index contributed by atoms with van der Waals surface area (Å²) >= 11 is 3.49. The molecule has 0 atom stereocenters. The van der Waals surface area contributed by atoms with E-state index in [0.717, 1.165) is 39.4 Å². The normalized spacial score (nSPS) is 10.4. The van der Waals surface area contributed by atoms with Gasteiger partial charge in [0.2, 0.25) is 0 Å². The van der Waals surface area contributed by atoms with Gasteiger partial charge in [-0.25, -0.2) is 9.97 Å². The smallest absolute Gasteiger partial charge is 0.161 e. The average Bonchev–Trinajstić information content (AvgIpc) is 2.43. The number of anilines is 1. The minimum atomic E-state index is 0.715. The van der Waals surface area contributed by atoms with Crippen molar-refractivity contribution in [2.24, 2.45) is 0 Å². The molecule has 5 heteroatoms. The number of rotatable bonds is 4. The minimum Gasteiger partial charge on any atom is -0.496 e. The van der Waals surface area contributed by atoms with Crippen molar-refractivity contribution in [2.75, 3.05) is 19.0 Å². The molecule has 0 amide bonds. The van der Waals surface area contributed by atoms with E-state index in [-0.39, 0.29) is 0 Å². The maximum atomic E-state index is 5.24. The highest BCUT2D eigenvalue weighted by Gasteiger charge is 2.10. The highest BCUT2D eigenvalue weighted by molar-refractivity contribution is 9.10. The van der Waals surface area contributed by atoms with Gasteiger partial charge in [0.25, 0.3) is 0 Å². The second kappa shape index (κ2) is 6.22. The number of benzene rings is 1. The zero-order chi connectivity index (χ0) is 14.7. The number of methoxy groups -OCH3 is 1. The van der Waals surface area contributed by atoms with E-state index < -0.39 is 0 Å². The third kappa shape index (κ3) is 2.93. The van der Waals surface area contributed by atoms with Gasteiger partial charge in [-0.05, 0) is 54.9 Å². The van der Waals surface area contributed by atoms with E-state index in [1.54, 1.807) is 7.11 Å². The molecular formula is C15H18BrN3O. The fraction of sp³-hybridized carbons (Fsp3) is 0.333. The third-order valence-electron chi connectivity index (χ3n) is 3.14. The lowest BCUT2D eigenvalue weighted by molar-refractivity contribution is 0.412. The molecule has 0 bridgehead atoms. The first-order chi connectivity index (χ1) is 9.56. The fourth-order valence-corrected chi connectivity index (χ4v) is 2.44. The largest absolute Gasteiger partial charge is 0.496 e. The van der Waals surface area contributed by atoms with Crippen molar-refractivity contribution in [1.82, 2.24) is 9.97 Å². The summed E-state index contributed by atoms with van der Waals surface area (Å²) in [5.74, 6) is 2.40. The molecule has 1 N–H and O–H groups in total. The van der Waals surface area contributed by atoms with Crippen molar-refractivity contribution in [3.63, 3.8) is 0 Å². The Morgan fingerprint density at radius 1 is 1.25 bits per heavy atom. The Kier molecular flexibility index (Phi) is 4.60. The number of hydrogen-bond donors (Lipinski definition) is 1. The van der Waals surface area contributed by atoms with Gasteiger partial charge >= 0.3 is 0 Å². The van der Waals surface area contributed by atoms with Gasteiger partial charge in [-0.15, -0.1) is 0 Å². The van der Waals surface area contributed by atoms with Crippen LogP contribution in [-0.2, 0) is 0 Å². The molecular weight excluding hydrogens is 318 g/mol. The molecule has 1 heterocycles. The predicted octanol–water partition coefficient (Wildman–Crippen LogP) is 3.96. The van der Waals surface area contributed by atoms with Crippen LogP contribution in [0, 0.1) is 13.8 Å². The minimum absolute atomic E-state index is 0.715. The standard InChI is InChI=1S/C15H18BrN3O/c1-5-17-14-9(2)10(3)18-15(19-14)11-6-7-13(20-4)12(16)8-11/h6-8H,5H2,1-4H3,(H,17,18,19). The van der Waals surface area contributed by atoms with E-state index in [1.807, 2.05) is 32.0 Å². The van der Waals surface area contributed by atoms with Crippen molar-refractivity contribution in [3.8, 4) is 17.1 Å². The van der Waals surface area contributed by atoms with Gasteiger partial charge in [0, 0.05) is 23.4 Å². The predicted molar refractivity (Wildman–Crippen MR) is 85.4 cm³/mol. The molecule has 4 nitrogen and oxygen atoms in total. The quantitative estimate of drug-likeness (QED) is 0.918. The van der Waals surface area contributed by atoms with Crippen LogP contribution in [0.15, 0.2) is 22.7 Å². The SMILES string of the molecule is CCNc1nc(-c2ccc(OC)c(Br)c2)nc(C)c1C. The number of halogens is 1. The van der Waals surface area contributed by atoms with E-state index in [0.29, 0.717) is 5.82 Å². The van der Waals surface area contributed by atoms with E-state index in [4.69, 9.17) is 4.74 Å². The maximum Gasteiger partial charge on any atom is 0.161 e. The van der Waals surface area contributed by atoms with E-state index in [2.05, 4.69) is 38.1 Å². The molecule has 0 aliphatic carbocycles. The number of aryl methyl sites for hydroxylation is 1. The van der Waals surface area contributed by atoms with Gasteiger partial charge in [0.1, 0.15) is 11.6 Å². The topological polar surface area (TPSA) is 47.0 Å². The molecule has 106 valence electrons. The van der Waals surface area contributed by atoms with Crippen LogP contribution in [0.2, 0.25) is 0 Å². The summed E-state index contributed by atoms with van der Waals surface area (Å²) in [4.78, 5) is 9.18. The Bertz CT molecular complexity index is 629. The summed E-state index contributed by atoms with van der Waals surface area (Å²) in [6.07, 6.45) is 0. The van der Waals surface area contributed by atoms with Crippen LogP contribution < -0.4 is 10.1 Å². The second-order valence-corrected chi connectivity index (χ2v) is 5.34. The van der Waals surface area contributed by atoms with E-state index in [1.165, 1.54) is 0 Å². The van der Waals surface area contributed by atoms with Crippen molar-refractivity contribution in [2.45, 2.75) is 20.8 Å². The molecule has 0 fully saturated rings. The Labute approximate surface area is 127 Å². The van der Waals surface area contributed by atoms with Gasteiger partial charge in [0.15, 0.2) is 5.82 Å². The van der Waals surface area contributed by atoms with Crippen molar-refractivity contribution in [1.29, 1.82) is 0 Å². The lowest BCUT2D eigenvalue weighted by atomic mass is 10.1. The summed E-state index contributed by atoms with van der Waals surface area (Å²) < 4.78 is 6.13. The molecule has 20 heavy (non-hydrogen) atoms. The van der Waals surface area contributed by atoms with Crippen molar-refractivity contribution in [3.05, 3.63) is 33.9 Å². The molecule has 0 aliphatic heterocycles. The van der Waals surface area contributed by atoms with Crippen molar-refractivity contribution >= 4 is 21.7 Å². The number of nitrogens with one attached hydrogen (secondary N) is 1. The van der Waals surface area contributed by atoms with Gasteiger partial charge in [-0.1, -0.05) is 0 Å². The number of hydrogen-bond acceptors (Lipinski definition) is 4. The maximum absolute atomic E-state index is 5.24. The molecule has 2 rings (SSSR count). The van der Waals surface area contributed by atoms with Gasteiger partial charge in [-0.3, -0.25) is 0 Å². The summed E-state index contributed by atoms with van der Waals surface area (Å²) in [6.45, 7) is 6.92. The molecule has 1 aromatic carbocycles. The van der Waals surface area contributed by atoms with Gasteiger partial charge in [-0.2, -0.15) is 0 Å². The molecule has 0 spiro atoms. The molecule has 0 saturated heterocycles. The number of nitrogens with zero attached hydrogens (tertiary/aromatic N) is 2. The zero-order valence-electron chi connectivity index (χ0n) is 12.1. The molecule has 0 radical (unpaired) electrons. The molecule has 0 aliphatic rings. The Hall–Kier alpha value is -1.62. The Morgan fingerprint density at radius 3 is 2.60 bits per heavy atom. The lowest BCUT2D eigenvalue weighted by Gasteiger charge is -2.12. The van der Waals surface area contributed by atoms with Crippen LogP contribution in [0.3, 0.4) is 0 Å². The molecule has 0 unspecified atom stereocenters. The first-order valence-electron chi connectivity index (χ1n) is 6.49. The van der Waals surface area contributed by atoms with Crippen LogP contribution in [0.25, 0.3) is 11.4 Å². The number of aromatic nitrogens is 2. The number of ether oxygens (including phenoxy) is 1. The van der Waals surface area contributed by atoms with Crippen LogP contribution in [0.5, 0.6) is 5.75 Å². The summed E-state index contributed by atoms with van der Waals surface area (Å²) in [7, 11) is 1.65. The van der Waals surface area contributed by atoms with E-state index in [9.17, 15) is 0 Å². The van der Waals surface area contributed by atoms with Crippen LogP contribution >= 0.6 is 15.9 Å². The Balaban J connectivity index is 2.49. The molecule has 0 saturated carbocycles. The van der Waals surface area contributed by atoms with Crippen LogP contribution in [0.4, 0.5) is 5.82 Å². The summed E-state index contributed by atoms with van der Waals surface area (Å²) in [5, 5.41) is 3.28. The highest BCUT2D eigenvalue weighted by atomic mass is 79.9.